The summed E-state index contributed by atoms with van der Waals surface area (Å²) in [5, 5.41) is 21.1. The van der Waals surface area contributed by atoms with Gasteiger partial charge in [-0.3, -0.25) is 14.3 Å². The van der Waals surface area contributed by atoms with Crippen LogP contribution in [0.2, 0.25) is 0 Å². The topological polar surface area (TPSA) is 96.3 Å². The van der Waals surface area contributed by atoms with Crippen LogP contribution in [0.15, 0.2) is 36.4 Å². The van der Waals surface area contributed by atoms with Crippen LogP contribution in [0.5, 0.6) is 0 Å². The van der Waals surface area contributed by atoms with Crippen molar-refractivity contribution in [1.29, 1.82) is 0 Å². The molecule has 2 aromatic rings. The minimum Gasteiger partial charge on any atom is -0.391 e. The quantitative estimate of drug-likeness (QED) is 0.550. The molecule has 32 heavy (non-hydrogen) atoms. The fourth-order valence-corrected chi connectivity index (χ4v) is 4.81. The number of hydrogen-bond acceptors (Lipinski definition) is 4. The predicted octanol–water partition coefficient (Wildman–Crippen LogP) is 2.77. The number of nitrogens with one attached hydrogen (secondary N) is 2. The lowest BCUT2D eigenvalue weighted by molar-refractivity contribution is -0.122. The Hall–Kier alpha value is -2.67. The number of aliphatic hydroxyl groups excluding tert-OH is 1. The Balaban J connectivity index is 1.63. The molecule has 1 aromatic carbocycles. The van der Waals surface area contributed by atoms with Crippen LogP contribution in [-0.4, -0.2) is 45.4 Å². The van der Waals surface area contributed by atoms with E-state index in [4.69, 9.17) is 0 Å². The molecule has 0 bridgehead atoms. The highest BCUT2D eigenvalue weighted by Gasteiger charge is 2.38. The largest absolute Gasteiger partial charge is 0.391 e. The lowest BCUT2D eigenvalue weighted by atomic mass is 9.74. The highest BCUT2D eigenvalue weighted by molar-refractivity contribution is 5.76. The van der Waals surface area contributed by atoms with E-state index in [1.54, 1.807) is 0 Å². The van der Waals surface area contributed by atoms with Crippen molar-refractivity contribution in [3.05, 3.63) is 53.3 Å². The molecule has 7 nitrogen and oxygen atoms in total. The van der Waals surface area contributed by atoms with Gasteiger partial charge in [0.15, 0.2) is 0 Å². The fraction of sp³-hybridized carbons (Fsp3) is 0.560. The summed E-state index contributed by atoms with van der Waals surface area (Å²) in [4.78, 5) is 24.2. The van der Waals surface area contributed by atoms with E-state index in [0.717, 1.165) is 37.2 Å². The number of aryl methyl sites for hydroxylation is 3. The standard InChI is InChI=1S/C25H36N4O3/c1-18-16-19(2)29(28-18)15-7-10-24(32)26-17-25(21-8-5-4-6-9-21)13-11-22(27-20(3)30)23(31)12-14-25/h4-6,8-9,16,22-23,31H,7,10-15,17H2,1-3H3,(H,26,32)(H,27,30)/t22-,23-,25-/m0/s1. The van der Waals surface area contributed by atoms with E-state index >= 15 is 0 Å². The second-order valence-electron chi connectivity index (χ2n) is 9.13. The van der Waals surface area contributed by atoms with Gasteiger partial charge in [0.25, 0.3) is 0 Å². The van der Waals surface area contributed by atoms with Gasteiger partial charge in [0, 0.05) is 37.5 Å². The van der Waals surface area contributed by atoms with Gasteiger partial charge in [0.1, 0.15) is 0 Å². The fourth-order valence-electron chi connectivity index (χ4n) is 4.81. The lowest BCUT2D eigenvalue weighted by Gasteiger charge is -2.34. The number of aromatic nitrogens is 2. The average Bonchev–Trinajstić information content (AvgIpc) is 3.00. The summed E-state index contributed by atoms with van der Waals surface area (Å²) in [6.45, 7) is 6.73. The number of amides is 2. The van der Waals surface area contributed by atoms with Gasteiger partial charge in [-0.1, -0.05) is 30.3 Å². The van der Waals surface area contributed by atoms with E-state index in [-0.39, 0.29) is 23.3 Å². The van der Waals surface area contributed by atoms with Gasteiger partial charge in [-0.05, 0) is 57.6 Å². The zero-order chi connectivity index (χ0) is 23.1. The number of carbonyl (C=O) groups is 2. The summed E-state index contributed by atoms with van der Waals surface area (Å²) >= 11 is 0. The first-order chi connectivity index (χ1) is 15.3. The molecule has 1 aliphatic rings. The summed E-state index contributed by atoms with van der Waals surface area (Å²) in [6, 6.07) is 12.0. The summed E-state index contributed by atoms with van der Waals surface area (Å²) in [6.07, 6.45) is 3.37. The third-order valence-corrected chi connectivity index (χ3v) is 6.59. The molecule has 0 radical (unpaired) electrons. The van der Waals surface area contributed by atoms with Gasteiger partial charge in [-0.25, -0.2) is 0 Å². The molecule has 1 fully saturated rings. The molecule has 0 unspecified atom stereocenters. The van der Waals surface area contributed by atoms with Crippen LogP contribution in [0, 0.1) is 13.8 Å². The molecular weight excluding hydrogens is 404 g/mol. The van der Waals surface area contributed by atoms with Gasteiger partial charge in [-0.15, -0.1) is 0 Å². The zero-order valence-corrected chi connectivity index (χ0v) is 19.4. The van der Waals surface area contributed by atoms with Gasteiger partial charge < -0.3 is 15.7 Å². The van der Waals surface area contributed by atoms with Gasteiger partial charge in [0.05, 0.1) is 17.8 Å². The van der Waals surface area contributed by atoms with Crippen LogP contribution in [0.1, 0.15) is 62.4 Å². The van der Waals surface area contributed by atoms with Gasteiger partial charge in [-0.2, -0.15) is 5.10 Å². The lowest BCUT2D eigenvalue weighted by Crippen LogP contribution is -2.42. The molecule has 7 heteroatoms. The van der Waals surface area contributed by atoms with Crippen LogP contribution in [-0.2, 0) is 21.5 Å². The predicted molar refractivity (Wildman–Crippen MR) is 124 cm³/mol. The normalized spacial score (nSPS) is 23.4. The van der Waals surface area contributed by atoms with E-state index < -0.39 is 6.10 Å². The van der Waals surface area contributed by atoms with E-state index in [2.05, 4.69) is 27.9 Å². The van der Waals surface area contributed by atoms with Crippen molar-refractivity contribution in [3.63, 3.8) is 0 Å². The number of aliphatic hydroxyl groups is 1. The maximum Gasteiger partial charge on any atom is 0.220 e. The van der Waals surface area contributed by atoms with Crippen LogP contribution >= 0.6 is 0 Å². The van der Waals surface area contributed by atoms with Gasteiger partial charge >= 0.3 is 0 Å². The molecule has 1 saturated carbocycles. The van der Waals surface area contributed by atoms with Crippen molar-refractivity contribution >= 4 is 11.8 Å². The maximum absolute atomic E-state index is 12.7. The highest BCUT2D eigenvalue weighted by atomic mass is 16.3. The molecule has 0 spiro atoms. The first-order valence-electron chi connectivity index (χ1n) is 11.6. The molecule has 1 aliphatic carbocycles. The number of rotatable bonds is 8. The molecule has 1 heterocycles. The minimum absolute atomic E-state index is 0.0324. The monoisotopic (exact) mass is 440 g/mol. The third-order valence-electron chi connectivity index (χ3n) is 6.59. The maximum atomic E-state index is 12.7. The zero-order valence-electron chi connectivity index (χ0n) is 19.4. The van der Waals surface area contributed by atoms with Crippen LogP contribution < -0.4 is 10.6 Å². The van der Waals surface area contributed by atoms with Crippen LogP contribution in [0.25, 0.3) is 0 Å². The van der Waals surface area contributed by atoms with Gasteiger partial charge in [0.2, 0.25) is 11.8 Å². The van der Waals surface area contributed by atoms with Crippen molar-refractivity contribution in [2.24, 2.45) is 0 Å². The summed E-state index contributed by atoms with van der Waals surface area (Å²) in [7, 11) is 0. The smallest absolute Gasteiger partial charge is 0.220 e. The summed E-state index contributed by atoms with van der Waals surface area (Å²) in [5.74, 6) is -0.0952. The molecule has 3 atom stereocenters. The number of hydrogen-bond donors (Lipinski definition) is 3. The molecule has 174 valence electrons. The second kappa shape index (κ2) is 10.8. The SMILES string of the molecule is CC(=O)N[C@H]1CC[C@](CNC(=O)CCCn2nc(C)cc2C)(c2ccccc2)CC[C@@H]1O. The molecule has 1 aromatic heterocycles. The van der Waals surface area contributed by atoms with Crippen molar-refractivity contribution in [3.8, 4) is 0 Å². The molecule has 3 rings (SSSR count). The Morgan fingerprint density at radius 3 is 2.56 bits per heavy atom. The third kappa shape index (κ3) is 6.19. The molecule has 3 N–H and O–H groups in total. The molecule has 2 amide bonds. The Labute approximate surface area is 190 Å². The second-order valence-corrected chi connectivity index (χ2v) is 9.13. The van der Waals surface area contributed by atoms with E-state index in [1.165, 1.54) is 12.5 Å². The van der Waals surface area contributed by atoms with Crippen molar-refractivity contribution in [2.75, 3.05) is 6.54 Å². The summed E-state index contributed by atoms with van der Waals surface area (Å²) < 4.78 is 1.95. The number of nitrogens with zero attached hydrogens (tertiary/aromatic N) is 2. The minimum atomic E-state index is -0.582. The van der Waals surface area contributed by atoms with Crippen molar-refractivity contribution in [1.82, 2.24) is 20.4 Å². The van der Waals surface area contributed by atoms with Crippen LogP contribution in [0.4, 0.5) is 0 Å². The Morgan fingerprint density at radius 2 is 1.91 bits per heavy atom. The van der Waals surface area contributed by atoms with Crippen molar-refractivity contribution in [2.45, 2.75) is 83.4 Å². The summed E-state index contributed by atoms with van der Waals surface area (Å²) in [5.41, 5.74) is 3.00. The molecular formula is C25H36N4O3. The van der Waals surface area contributed by atoms with E-state index in [9.17, 15) is 14.7 Å². The van der Waals surface area contributed by atoms with E-state index in [1.807, 2.05) is 42.8 Å². The molecule has 0 aliphatic heterocycles. The van der Waals surface area contributed by atoms with E-state index in [0.29, 0.717) is 25.8 Å². The first kappa shape index (κ1) is 24.0. The Kier molecular flexibility index (Phi) is 8.07. The highest BCUT2D eigenvalue weighted by Crippen LogP contribution is 2.38. The number of benzene rings is 1. The first-order valence-corrected chi connectivity index (χ1v) is 11.6. The Bertz CT molecular complexity index is 911. The average molecular weight is 441 g/mol. The van der Waals surface area contributed by atoms with Crippen LogP contribution in [0.3, 0.4) is 0 Å². The number of carbonyl (C=O) groups excluding carboxylic acids is 2. The Morgan fingerprint density at radius 1 is 1.19 bits per heavy atom. The van der Waals surface area contributed by atoms with Crippen molar-refractivity contribution < 1.29 is 14.7 Å². The molecule has 0 saturated heterocycles.